The zero-order valence-electron chi connectivity index (χ0n) is 19.2. The summed E-state index contributed by atoms with van der Waals surface area (Å²) in [5, 5.41) is 7.51. The number of esters is 1. The molecule has 35 heavy (non-hydrogen) atoms. The number of anilines is 2. The number of rotatable bonds is 7. The Balaban J connectivity index is 1.39. The van der Waals surface area contributed by atoms with Gasteiger partial charge in [0, 0.05) is 11.6 Å². The minimum atomic E-state index is -0.718. The zero-order valence-corrected chi connectivity index (χ0v) is 19.9. The van der Waals surface area contributed by atoms with Crippen LogP contribution in [0.15, 0.2) is 54.6 Å². The van der Waals surface area contributed by atoms with Crippen LogP contribution in [-0.4, -0.2) is 47.8 Å². The fourth-order valence-corrected chi connectivity index (χ4v) is 3.97. The van der Waals surface area contributed by atoms with E-state index in [0.717, 1.165) is 11.3 Å². The van der Waals surface area contributed by atoms with Gasteiger partial charge in [0.15, 0.2) is 6.61 Å². The minimum Gasteiger partial charge on any atom is -0.497 e. The van der Waals surface area contributed by atoms with Crippen LogP contribution < -0.4 is 15.0 Å². The summed E-state index contributed by atoms with van der Waals surface area (Å²) in [7, 11) is 1.60. The summed E-state index contributed by atoms with van der Waals surface area (Å²) >= 11 is 6.49. The highest BCUT2D eigenvalue weighted by Gasteiger charge is 2.27. The van der Waals surface area contributed by atoms with Gasteiger partial charge in [-0.3, -0.25) is 14.5 Å². The maximum atomic E-state index is 12.6. The van der Waals surface area contributed by atoms with Crippen molar-refractivity contribution in [3.8, 4) is 5.75 Å². The number of ether oxygens (including phenoxy) is 2. The van der Waals surface area contributed by atoms with Crippen molar-refractivity contribution in [2.24, 2.45) is 0 Å². The maximum Gasteiger partial charge on any atom is 0.331 e. The molecule has 2 amide bonds. The van der Waals surface area contributed by atoms with Crippen LogP contribution in [0.25, 0.3) is 6.08 Å². The van der Waals surface area contributed by atoms with Crippen molar-refractivity contribution in [3.05, 3.63) is 76.6 Å². The second-order valence-corrected chi connectivity index (χ2v) is 8.14. The molecule has 1 aromatic heterocycles. The number of halogens is 1. The third kappa shape index (κ3) is 5.52. The number of hydrogen-bond acceptors (Lipinski definition) is 6. The summed E-state index contributed by atoms with van der Waals surface area (Å²) in [4.78, 5) is 38.1. The van der Waals surface area contributed by atoms with Crippen molar-refractivity contribution in [2.45, 2.75) is 13.5 Å². The van der Waals surface area contributed by atoms with Gasteiger partial charge in [-0.2, -0.15) is 5.10 Å². The number of hydrogen-bond donors (Lipinski definition) is 1. The molecule has 3 aromatic rings. The Morgan fingerprint density at radius 1 is 1.20 bits per heavy atom. The fourth-order valence-electron chi connectivity index (χ4n) is 3.67. The third-order valence-electron chi connectivity index (χ3n) is 5.37. The molecule has 0 bridgehead atoms. The van der Waals surface area contributed by atoms with Gasteiger partial charge in [-0.05, 0) is 42.8 Å². The van der Waals surface area contributed by atoms with Gasteiger partial charge in [-0.1, -0.05) is 35.9 Å². The van der Waals surface area contributed by atoms with Crippen molar-refractivity contribution >= 4 is 46.8 Å². The number of carbonyl (C=O) groups is 3. The Bertz CT molecular complexity index is 1320. The lowest BCUT2D eigenvalue weighted by molar-refractivity contribution is -0.143. The zero-order chi connectivity index (χ0) is 24.9. The summed E-state index contributed by atoms with van der Waals surface area (Å²) in [6, 6.07) is 14.5. The number of benzene rings is 2. The van der Waals surface area contributed by atoms with E-state index < -0.39 is 18.5 Å². The van der Waals surface area contributed by atoms with Gasteiger partial charge in [0.05, 0.1) is 30.7 Å². The molecule has 2 aromatic carbocycles. The van der Waals surface area contributed by atoms with E-state index in [-0.39, 0.29) is 12.5 Å². The molecule has 0 fully saturated rings. The molecular weight excluding hydrogens is 472 g/mol. The predicted molar refractivity (Wildman–Crippen MR) is 131 cm³/mol. The third-order valence-corrected chi connectivity index (χ3v) is 5.77. The Morgan fingerprint density at radius 3 is 2.80 bits per heavy atom. The average molecular weight is 495 g/mol. The average Bonchev–Trinajstić information content (AvgIpc) is 3.12. The van der Waals surface area contributed by atoms with E-state index >= 15 is 0 Å². The van der Waals surface area contributed by atoms with E-state index in [1.807, 2.05) is 24.3 Å². The number of methoxy groups -OCH3 is 1. The fraction of sp³-hybridized carbons (Fsp3) is 0.200. The lowest BCUT2D eigenvalue weighted by atomic mass is 10.2. The summed E-state index contributed by atoms with van der Waals surface area (Å²) in [5.74, 6) is -0.814. The van der Waals surface area contributed by atoms with Gasteiger partial charge >= 0.3 is 5.97 Å². The van der Waals surface area contributed by atoms with Crippen LogP contribution >= 0.6 is 11.6 Å². The molecule has 4 rings (SSSR count). The normalized spacial score (nSPS) is 12.9. The molecule has 2 heterocycles. The van der Waals surface area contributed by atoms with Crippen LogP contribution in [0.1, 0.15) is 16.8 Å². The molecule has 0 atom stereocenters. The molecule has 0 saturated heterocycles. The highest BCUT2D eigenvalue weighted by molar-refractivity contribution is 6.31. The van der Waals surface area contributed by atoms with Gasteiger partial charge in [-0.25, -0.2) is 9.48 Å². The van der Waals surface area contributed by atoms with E-state index in [2.05, 4.69) is 10.4 Å². The largest absolute Gasteiger partial charge is 0.497 e. The molecule has 0 unspecified atom stereocenters. The molecular formula is C25H23ClN4O5. The SMILES string of the molecule is COc1cccc(Cn2nc(C)c(/C=C/C(=O)OCC(=O)N3CC(=O)Nc4ccccc43)c2Cl)c1. The molecule has 0 radical (unpaired) electrons. The number of aryl methyl sites for hydroxylation is 1. The van der Waals surface area contributed by atoms with Gasteiger partial charge in [0.1, 0.15) is 17.4 Å². The predicted octanol–water partition coefficient (Wildman–Crippen LogP) is 3.44. The minimum absolute atomic E-state index is 0.148. The van der Waals surface area contributed by atoms with Crippen LogP contribution in [0.3, 0.4) is 0 Å². The Hall–Kier alpha value is -4.11. The molecule has 1 aliphatic heterocycles. The van der Waals surface area contributed by atoms with Gasteiger partial charge in [0.2, 0.25) is 5.91 Å². The Morgan fingerprint density at radius 2 is 2.00 bits per heavy atom. The first-order chi connectivity index (χ1) is 16.9. The van der Waals surface area contributed by atoms with E-state index in [1.165, 1.54) is 17.1 Å². The van der Waals surface area contributed by atoms with Gasteiger partial charge in [-0.15, -0.1) is 0 Å². The number of nitrogens with zero attached hydrogens (tertiary/aromatic N) is 3. The molecule has 10 heteroatoms. The van der Waals surface area contributed by atoms with Crippen LogP contribution in [-0.2, 0) is 25.7 Å². The first kappa shape index (κ1) is 24.0. The van der Waals surface area contributed by atoms with Crippen molar-refractivity contribution in [1.29, 1.82) is 0 Å². The molecule has 1 aliphatic rings. The van der Waals surface area contributed by atoms with Crippen molar-refractivity contribution in [2.75, 3.05) is 30.5 Å². The van der Waals surface area contributed by atoms with Crippen LogP contribution in [0.4, 0.5) is 11.4 Å². The maximum absolute atomic E-state index is 12.6. The second-order valence-electron chi connectivity index (χ2n) is 7.79. The number of nitrogens with one attached hydrogen (secondary N) is 1. The number of amides is 2. The standard InChI is InChI=1S/C25H23ClN4O5/c1-16-19(25(26)30(28-16)13-17-6-5-7-18(12-17)34-2)10-11-24(33)35-15-23(32)29-14-22(31)27-20-8-3-4-9-21(20)29/h3-12H,13-15H2,1-2H3,(H,27,31)/b11-10+. The first-order valence-corrected chi connectivity index (χ1v) is 11.1. The van der Waals surface area contributed by atoms with Crippen molar-refractivity contribution in [3.63, 3.8) is 0 Å². The quantitative estimate of drug-likeness (QED) is 0.398. The highest BCUT2D eigenvalue weighted by Crippen LogP contribution is 2.29. The Labute approximate surface area is 206 Å². The number of carbonyl (C=O) groups excluding carboxylic acids is 3. The topological polar surface area (TPSA) is 103 Å². The van der Waals surface area contributed by atoms with E-state index in [0.29, 0.717) is 34.3 Å². The number of para-hydroxylation sites is 2. The van der Waals surface area contributed by atoms with Crippen LogP contribution in [0.2, 0.25) is 5.15 Å². The second kappa shape index (κ2) is 10.4. The molecule has 180 valence electrons. The summed E-state index contributed by atoms with van der Waals surface area (Å²) in [6.45, 7) is 1.55. The highest BCUT2D eigenvalue weighted by atomic mass is 35.5. The van der Waals surface area contributed by atoms with E-state index in [9.17, 15) is 14.4 Å². The lowest BCUT2D eigenvalue weighted by Gasteiger charge is -2.28. The van der Waals surface area contributed by atoms with Gasteiger partial charge < -0.3 is 14.8 Å². The molecule has 1 N–H and O–H groups in total. The van der Waals surface area contributed by atoms with E-state index in [4.69, 9.17) is 21.1 Å². The van der Waals surface area contributed by atoms with Crippen molar-refractivity contribution < 1.29 is 23.9 Å². The molecule has 0 aliphatic carbocycles. The van der Waals surface area contributed by atoms with E-state index in [1.54, 1.807) is 43.0 Å². The van der Waals surface area contributed by atoms with Crippen LogP contribution in [0, 0.1) is 6.92 Å². The lowest BCUT2D eigenvalue weighted by Crippen LogP contribution is -2.43. The monoisotopic (exact) mass is 494 g/mol. The molecule has 9 nitrogen and oxygen atoms in total. The summed E-state index contributed by atoms with van der Waals surface area (Å²) in [6.07, 6.45) is 2.69. The molecule has 0 saturated carbocycles. The van der Waals surface area contributed by atoms with Crippen molar-refractivity contribution in [1.82, 2.24) is 9.78 Å². The smallest absolute Gasteiger partial charge is 0.331 e. The van der Waals surface area contributed by atoms with Crippen LogP contribution in [0.5, 0.6) is 5.75 Å². The van der Waals surface area contributed by atoms with Gasteiger partial charge in [0.25, 0.3) is 5.91 Å². The summed E-state index contributed by atoms with van der Waals surface area (Å²) in [5.41, 5.74) is 3.23. The Kier molecular flexibility index (Phi) is 7.17. The number of aromatic nitrogens is 2. The summed E-state index contributed by atoms with van der Waals surface area (Å²) < 4.78 is 12.0. The number of fused-ring (bicyclic) bond motifs is 1. The molecule has 0 spiro atoms. The first-order valence-electron chi connectivity index (χ1n) is 10.8.